The van der Waals surface area contributed by atoms with Crippen LogP contribution in [0.1, 0.15) is 42.9 Å². The number of ether oxygens (including phenoxy) is 1. The summed E-state index contributed by atoms with van der Waals surface area (Å²) in [6, 6.07) is 19.8. The fourth-order valence-corrected chi connectivity index (χ4v) is 3.13. The summed E-state index contributed by atoms with van der Waals surface area (Å²) >= 11 is 0. The Morgan fingerprint density at radius 3 is 2.67 bits per heavy atom. The second kappa shape index (κ2) is 6.77. The first-order valence-corrected chi connectivity index (χ1v) is 7.89. The van der Waals surface area contributed by atoms with E-state index in [0.29, 0.717) is 12.0 Å². The Hall–Kier alpha value is -1.80. The summed E-state index contributed by atoms with van der Waals surface area (Å²) in [5.74, 6) is 1.52. The third kappa shape index (κ3) is 3.27. The highest BCUT2D eigenvalue weighted by Crippen LogP contribution is 2.38. The van der Waals surface area contributed by atoms with Gasteiger partial charge in [0.25, 0.3) is 0 Å². The molecule has 1 saturated heterocycles. The number of rotatable bonds is 5. The summed E-state index contributed by atoms with van der Waals surface area (Å²) in [7, 11) is 0. The molecule has 1 aliphatic rings. The zero-order chi connectivity index (χ0) is 14.5. The molecule has 2 heteroatoms. The van der Waals surface area contributed by atoms with Gasteiger partial charge < -0.3 is 10.1 Å². The number of hydrogen-bond donors (Lipinski definition) is 1. The lowest BCUT2D eigenvalue weighted by Crippen LogP contribution is -2.16. The SMILES string of the molecule is CCCOc1cccc(C2CCNC2c2ccccc2)c1. The van der Waals surface area contributed by atoms with Crippen LogP contribution in [0, 0.1) is 0 Å². The molecular formula is C19H23NO. The summed E-state index contributed by atoms with van der Waals surface area (Å²) in [6.45, 7) is 3.99. The molecule has 0 aromatic heterocycles. The van der Waals surface area contributed by atoms with Crippen molar-refractivity contribution in [3.63, 3.8) is 0 Å². The van der Waals surface area contributed by atoms with Gasteiger partial charge in [-0.05, 0) is 42.6 Å². The monoisotopic (exact) mass is 281 g/mol. The van der Waals surface area contributed by atoms with Crippen LogP contribution in [0.2, 0.25) is 0 Å². The van der Waals surface area contributed by atoms with Crippen LogP contribution in [-0.2, 0) is 0 Å². The van der Waals surface area contributed by atoms with Gasteiger partial charge in [0.15, 0.2) is 0 Å². The maximum Gasteiger partial charge on any atom is 0.119 e. The van der Waals surface area contributed by atoms with Crippen LogP contribution in [0.25, 0.3) is 0 Å². The van der Waals surface area contributed by atoms with Crippen molar-refractivity contribution in [3.05, 3.63) is 65.7 Å². The van der Waals surface area contributed by atoms with Gasteiger partial charge in [0.05, 0.1) is 6.61 Å². The summed E-state index contributed by atoms with van der Waals surface area (Å²) in [5.41, 5.74) is 2.75. The van der Waals surface area contributed by atoms with Crippen LogP contribution in [0.5, 0.6) is 5.75 Å². The summed E-state index contributed by atoms with van der Waals surface area (Å²) in [4.78, 5) is 0. The molecule has 2 aromatic carbocycles. The normalized spacial score (nSPS) is 21.4. The van der Waals surface area contributed by atoms with Crippen molar-refractivity contribution in [2.24, 2.45) is 0 Å². The second-order valence-corrected chi connectivity index (χ2v) is 5.66. The van der Waals surface area contributed by atoms with Gasteiger partial charge in [-0.3, -0.25) is 0 Å². The first-order valence-electron chi connectivity index (χ1n) is 7.89. The molecule has 1 aliphatic heterocycles. The average Bonchev–Trinajstić information content (AvgIpc) is 3.04. The van der Waals surface area contributed by atoms with Gasteiger partial charge in [-0.2, -0.15) is 0 Å². The third-order valence-electron chi connectivity index (χ3n) is 4.14. The maximum atomic E-state index is 5.78. The van der Waals surface area contributed by atoms with Gasteiger partial charge in [0, 0.05) is 12.0 Å². The summed E-state index contributed by atoms with van der Waals surface area (Å²) in [5, 5.41) is 3.64. The summed E-state index contributed by atoms with van der Waals surface area (Å²) < 4.78 is 5.78. The van der Waals surface area contributed by atoms with E-state index in [4.69, 9.17) is 4.74 Å². The van der Waals surface area contributed by atoms with Gasteiger partial charge in [0.1, 0.15) is 5.75 Å². The molecule has 1 heterocycles. The van der Waals surface area contributed by atoms with E-state index in [1.165, 1.54) is 17.5 Å². The Morgan fingerprint density at radius 2 is 1.86 bits per heavy atom. The zero-order valence-electron chi connectivity index (χ0n) is 12.6. The molecular weight excluding hydrogens is 258 g/mol. The van der Waals surface area contributed by atoms with Crippen molar-refractivity contribution in [1.82, 2.24) is 5.32 Å². The van der Waals surface area contributed by atoms with E-state index in [2.05, 4.69) is 66.8 Å². The predicted molar refractivity (Wildman–Crippen MR) is 86.8 cm³/mol. The smallest absolute Gasteiger partial charge is 0.119 e. The van der Waals surface area contributed by atoms with Crippen molar-refractivity contribution in [2.45, 2.75) is 31.7 Å². The molecule has 2 unspecified atom stereocenters. The van der Waals surface area contributed by atoms with Crippen molar-refractivity contribution in [2.75, 3.05) is 13.2 Å². The van der Waals surface area contributed by atoms with Gasteiger partial charge in [0.2, 0.25) is 0 Å². The van der Waals surface area contributed by atoms with E-state index in [1.807, 2.05) is 0 Å². The van der Waals surface area contributed by atoms with E-state index in [-0.39, 0.29) is 0 Å². The molecule has 1 fully saturated rings. The topological polar surface area (TPSA) is 21.3 Å². The molecule has 2 aromatic rings. The fraction of sp³-hybridized carbons (Fsp3) is 0.368. The fourth-order valence-electron chi connectivity index (χ4n) is 3.13. The Balaban J connectivity index is 1.82. The summed E-state index contributed by atoms with van der Waals surface area (Å²) in [6.07, 6.45) is 2.22. The first-order chi connectivity index (χ1) is 10.4. The van der Waals surface area contributed by atoms with Crippen LogP contribution in [0.15, 0.2) is 54.6 Å². The lowest BCUT2D eigenvalue weighted by Gasteiger charge is -2.21. The molecule has 0 amide bonds. The largest absolute Gasteiger partial charge is 0.494 e. The molecule has 0 aliphatic carbocycles. The third-order valence-corrected chi connectivity index (χ3v) is 4.14. The van der Waals surface area contributed by atoms with Crippen LogP contribution < -0.4 is 10.1 Å². The van der Waals surface area contributed by atoms with Gasteiger partial charge >= 0.3 is 0 Å². The number of nitrogens with one attached hydrogen (secondary N) is 1. The van der Waals surface area contributed by atoms with Crippen molar-refractivity contribution in [1.29, 1.82) is 0 Å². The van der Waals surface area contributed by atoms with Crippen LogP contribution in [0.3, 0.4) is 0 Å². The Kier molecular flexibility index (Phi) is 4.56. The molecule has 3 rings (SSSR count). The Morgan fingerprint density at radius 1 is 1.05 bits per heavy atom. The minimum Gasteiger partial charge on any atom is -0.494 e. The van der Waals surface area contributed by atoms with E-state index >= 15 is 0 Å². The molecule has 21 heavy (non-hydrogen) atoms. The van der Waals surface area contributed by atoms with Gasteiger partial charge in [-0.1, -0.05) is 49.4 Å². The minimum atomic E-state index is 0.410. The van der Waals surface area contributed by atoms with Crippen molar-refractivity contribution in [3.8, 4) is 5.75 Å². The van der Waals surface area contributed by atoms with Crippen LogP contribution >= 0.6 is 0 Å². The standard InChI is InChI=1S/C19H23NO/c1-2-13-21-17-10-6-9-16(14-17)18-11-12-20-19(18)15-7-4-3-5-8-15/h3-10,14,18-20H,2,11-13H2,1H3. The van der Waals surface area contributed by atoms with E-state index in [1.54, 1.807) is 0 Å². The molecule has 1 N–H and O–H groups in total. The van der Waals surface area contributed by atoms with Crippen LogP contribution in [-0.4, -0.2) is 13.2 Å². The minimum absolute atomic E-state index is 0.410. The molecule has 2 atom stereocenters. The van der Waals surface area contributed by atoms with Crippen molar-refractivity contribution >= 4 is 0 Å². The molecule has 0 saturated carbocycles. The van der Waals surface area contributed by atoms with E-state index in [0.717, 1.165) is 25.3 Å². The van der Waals surface area contributed by atoms with Gasteiger partial charge in [-0.25, -0.2) is 0 Å². The van der Waals surface area contributed by atoms with Crippen molar-refractivity contribution < 1.29 is 4.74 Å². The number of hydrogen-bond acceptors (Lipinski definition) is 2. The second-order valence-electron chi connectivity index (χ2n) is 5.66. The molecule has 2 nitrogen and oxygen atoms in total. The highest BCUT2D eigenvalue weighted by Gasteiger charge is 2.29. The quantitative estimate of drug-likeness (QED) is 0.882. The molecule has 0 bridgehead atoms. The molecule has 0 spiro atoms. The highest BCUT2D eigenvalue weighted by molar-refractivity contribution is 5.35. The van der Waals surface area contributed by atoms with E-state index in [9.17, 15) is 0 Å². The van der Waals surface area contributed by atoms with Gasteiger partial charge in [-0.15, -0.1) is 0 Å². The highest BCUT2D eigenvalue weighted by atomic mass is 16.5. The zero-order valence-corrected chi connectivity index (χ0v) is 12.6. The van der Waals surface area contributed by atoms with E-state index < -0.39 is 0 Å². The maximum absolute atomic E-state index is 5.78. The van der Waals surface area contributed by atoms with Crippen LogP contribution in [0.4, 0.5) is 0 Å². The Labute approximate surface area is 127 Å². The lowest BCUT2D eigenvalue weighted by molar-refractivity contribution is 0.317. The molecule has 110 valence electrons. The average molecular weight is 281 g/mol. The Bertz CT molecular complexity index is 567. The first kappa shape index (κ1) is 14.2. The lowest BCUT2D eigenvalue weighted by atomic mass is 9.88. The predicted octanol–water partition coefficient (Wildman–Crippen LogP) is 4.29. The molecule has 0 radical (unpaired) electrons. The number of benzene rings is 2.